The highest BCUT2D eigenvalue weighted by atomic mass is 16.5. The number of methoxy groups -OCH3 is 1. The van der Waals surface area contributed by atoms with E-state index >= 15 is 0 Å². The predicted molar refractivity (Wildman–Crippen MR) is 69.3 cm³/mol. The lowest BCUT2D eigenvalue weighted by atomic mass is 9.97. The Morgan fingerprint density at radius 3 is 2.89 bits per heavy atom. The number of likely N-dealkylation sites (tertiary alicyclic amines) is 1. The average molecular weight is 267 g/mol. The van der Waals surface area contributed by atoms with Crippen LogP contribution in [-0.4, -0.2) is 47.7 Å². The zero-order valence-electron chi connectivity index (χ0n) is 11.3. The van der Waals surface area contributed by atoms with Crippen molar-refractivity contribution in [3.05, 3.63) is 11.6 Å². The first-order chi connectivity index (χ1) is 9.11. The first kappa shape index (κ1) is 14.1. The lowest BCUT2D eigenvalue weighted by molar-refractivity contribution is -0.150. The van der Waals surface area contributed by atoms with Crippen LogP contribution < -0.4 is 0 Å². The molecule has 0 aromatic rings. The van der Waals surface area contributed by atoms with Crippen LogP contribution in [0.5, 0.6) is 0 Å². The molecule has 1 saturated heterocycles. The lowest BCUT2D eigenvalue weighted by Crippen LogP contribution is -2.41. The van der Waals surface area contributed by atoms with Crippen LogP contribution in [0.3, 0.4) is 0 Å². The van der Waals surface area contributed by atoms with E-state index in [0.717, 1.165) is 24.8 Å². The van der Waals surface area contributed by atoms with Gasteiger partial charge in [-0.3, -0.25) is 4.79 Å². The number of carbonyl (C=O) groups excluding carboxylic acids is 2. The molecule has 2 rings (SSSR count). The summed E-state index contributed by atoms with van der Waals surface area (Å²) in [6, 6.07) is -0.628. The molecule has 2 unspecified atom stereocenters. The molecule has 0 saturated carbocycles. The number of esters is 1. The smallest absolute Gasteiger partial charge is 0.328 e. The summed E-state index contributed by atoms with van der Waals surface area (Å²) < 4.78 is 4.69. The van der Waals surface area contributed by atoms with Crippen molar-refractivity contribution in [2.75, 3.05) is 13.7 Å². The number of amides is 1. The monoisotopic (exact) mass is 267 g/mol. The third-order valence-electron chi connectivity index (χ3n) is 3.84. The number of β-amino-alcohol motifs (C(OH)–C–C–N with tert-alkyl or cyclic N) is 1. The standard InChI is InChI=1S/C14H21NO4/c1-19-14(18)12-8-11(16)9-15(12)13(17)7-10-5-3-2-4-6-10/h5,11-12,16H,2-4,6-9H2,1H3. The molecule has 5 nitrogen and oxygen atoms in total. The summed E-state index contributed by atoms with van der Waals surface area (Å²) >= 11 is 0. The average Bonchev–Trinajstić information content (AvgIpc) is 2.81. The molecular weight excluding hydrogens is 246 g/mol. The van der Waals surface area contributed by atoms with Gasteiger partial charge in [0, 0.05) is 19.4 Å². The van der Waals surface area contributed by atoms with Gasteiger partial charge in [0.25, 0.3) is 0 Å². The van der Waals surface area contributed by atoms with Gasteiger partial charge in [0.05, 0.1) is 13.2 Å². The van der Waals surface area contributed by atoms with Crippen molar-refractivity contribution in [1.29, 1.82) is 0 Å². The molecule has 2 atom stereocenters. The molecule has 2 aliphatic rings. The molecule has 1 amide bonds. The van der Waals surface area contributed by atoms with E-state index in [0.29, 0.717) is 6.42 Å². The number of hydrogen-bond acceptors (Lipinski definition) is 4. The van der Waals surface area contributed by atoms with Crippen LogP contribution in [0, 0.1) is 0 Å². The van der Waals surface area contributed by atoms with Crippen molar-refractivity contribution >= 4 is 11.9 Å². The Hall–Kier alpha value is -1.36. The molecule has 0 spiro atoms. The van der Waals surface area contributed by atoms with E-state index in [1.54, 1.807) is 0 Å². The number of carbonyl (C=O) groups is 2. The number of rotatable bonds is 3. The summed E-state index contributed by atoms with van der Waals surface area (Å²) in [6.07, 6.45) is 6.44. The summed E-state index contributed by atoms with van der Waals surface area (Å²) in [5.74, 6) is -0.525. The number of ether oxygens (including phenoxy) is 1. The van der Waals surface area contributed by atoms with Crippen molar-refractivity contribution in [3.8, 4) is 0 Å². The highest BCUT2D eigenvalue weighted by Gasteiger charge is 2.39. The molecule has 106 valence electrons. The second-order valence-corrected chi connectivity index (χ2v) is 5.26. The largest absolute Gasteiger partial charge is 0.467 e. The van der Waals surface area contributed by atoms with Crippen molar-refractivity contribution in [3.63, 3.8) is 0 Å². The van der Waals surface area contributed by atoms with E-state index in [9.17, 15) is 14.7 Å². The zero-order chi connectivity index (χ0) is 13.8. The predicted octanol–water partition coefficient (Wildman–Crippen LogP) is 1.01. The second kappa shape index (κ2) is 6.19. The van der Waals surface area contributed by atoms with Crippen LogP contribution in [0.25, 0.3) is 0 Å². The third kappa shape index (κ3) is 3.35. The van der Waals surface area contributed by atoms with Gasteiger partial charge in [-0.1, -0.05) is 11.6 Å². The summed E-state index contributed by atoms with van der Waals surface area (Å²) in [6.45, 7) is 0.228. The quantitative estimate of drug-likeness (QED) is 0.612. The fourth-order valence-electron chi connectivity index (χ4n) is 2.81. The minimum absolute atomic E-state index is 0.0832. The normalized spacial score (nSPS) is 27.1. The van der Waals surface area contributed by atoms with Crippen LogP contribution in [-0.2, 0) is 14.3 Å². The van der Waals surface area contributed by atoms with Gasteiger partial charge < -0.3 is 14.7 Å². The summed E-state index contributed by atoms with van der Waals surface area (Å²) in [5, 5.41) is 9.65. The molecule has 0 radical (unpaired) electrons. The molecule has 1 N–H and O–H groups in total. The Kier molecular flexibility index (Phi) is 4.58. The van der Waals surface area contributed by atoms with Gasteiger partial charge in [0.1, 0.15) is 6.04 Å². The van der Waals surface area contributed by atoms with E-state index in [1.807, 2.05) is 0 Å². The van der Waals surface area contributed by atoms with Crippen LogP contribution in [0.1, 0.15) is 38.5 Å². The Morgan fingerprint density at radius 1 is 1.47 bits per heavy atom. The maximum atomic E-state index is 12.3. The SMILES string of the molecule is COC(=O)C1CC(O)CN1C(=O)CC1=CCCCC1. The van der Waals surface area contributed by atoms with Gasteiger partial charge in [-0.05, 0) is 25.7 Å². The first-order valence-electron chi connectivity index (χ1n) is 6.85. The van der Waals surface area contributed by atoms with Gasteiger partial charge in [0.2, 0.25) is 5.91 Å². The lowest BCUT2D eigenvalue weighted by Gasteiger charge is -2.23. The number of aliphatic hydroxyl groups is 1. The molecular formula is C14H21NO4. The Morgan fingerprint density at radius 2 is 2.26 bits per heavy atom. The zero-order valence-corrected chi connectivity index (χ0v) is 11.3. The van der Waals surface area contributed by atoms with Crippen LogP contribution in [0.4, 0.5) is 0 Å². The molecule has 1 fully saturated rings. The van der Waals surface area contributed by atoms with Gasteiger partial charge in [0.15, 0.2) is 0 Å². The van der Waals surface area contributed by atoms with Gasteiger partial charge in [-0.2, -0.15) is 0 Å². The summed E-state index contributed by atoms with van der Waals surface area (Å²) in [5.41, 5.74) is 1.15. The van der Waals surface area contributed by atoms with Crippen LogP contribution in [0.2, 0.25) is 0 Å². The molecule has 0 aromatic carbocycles. The molecule has 1 aliphatic heterocycles. The van der Waals surface area contributed by atoms with E-state index in [4.69, 9.17) is 4.74 Å². The van der Waals surface area contributed by atoms with E-state index < -0.39 is 18.1 Å². The highest BCUT2D eigenvalue weighted by Crippen LogP contribution is 2.24. The maximum absolute atomic E-state index is 12.3. The Balaban J connectivity index is 2.00. The molecule has 5 heteroatoms. The Bertz CT molecular complexity index is 391. The van der Waals surface area contributed by atoms with Crippen molar-refractivity contribution in [1.82, 2.24) is 4.90 Å². The third-order valence-corrected chi connectivity index (χ3v) is 3.84. The van der Waals surface area contributed by atoms with Gasteiger partial charge in [-0.15, -0.1) is 0 Å². The number of nitrogens with zero attached hydrogens (tertiary/aromatic N) is 1. The van der Waals surface area contributed by atoms with Crippen LogP contribution in [0.15, 0.2) is 11.6 Å². The minimum Gasteiger partial charge on any atom is -0.467 e. The Labute approximate surface area is 113 Å². The number of aliphatic hydroxyl groups excluding tert-OH is 1. The van der Waals surface area contributed by atoms with E-state index in [-0.39, 0.29) is 18.9 Å². The fourth-order valence-corrected chi connectivity index (χ4v) is 2.81. The topological polar surface area (TPSA) is 66.8 Å². The minimum atomic E-state index is -0.631. The van der Waals surface area contributed by atoms with Crippen molar-refractivity contribution in [2.45, 2.75) is 50.7 Å². The van der Waals surface area contributed by atoms with Gasteiger partial charge in [-0.25, -0.2) is 4.79 Å². The summed E-state index contributed by atoms with van der Waals surface area (Å²) in [7, 11) is 1.30. The number of hydrogen-bond donors (Lipinski definition) is 1. The van der Waals surface area contributed by atoms with Gasteiger partial charge >= 0.3 is 5.97 Å². The fraction of sp³-hybridized carbons (Fsp3) is 0.714. The van der Waals surface area contributed by atoms with Crippen LogP contribution >= 0.6 is 0 Å². The van der Waals surface area contributed by atoms with Crippen molar-refractivity contribution in [2.24, 2.45) is 0 Å². The van der Waals surface area contributed by atoms with E-state index in [2.05, 4.69) is 6.08 Å². The molecule has 1 aliphatic carbocycles. The molecule has 19 heavy (non-hydrogen) atoms. The van der Waals surface area contributed by atoms with Crippen molar-refractivity contribution < 1.29 is 19.4 Å². The van der Waals surface area contributed by atoms with E-state index in [1.165, 1.54) is 18.4 Å². The molecule has 1 heterocycles. The first-order valence-corrected chi connectivity index (χ1v) is 6.85. The maximum Gasteiger partial charge on any atom is 0.328 e. The highest BCUT2D eigenvalue weighted by molar-refractivity contribution is 5.86. The molecule has 0 bridgehead atoms. The summed E-state index contributed by atoms with van der Waals surface area (Å²) in [4.78, 5) is 25.3. The molecule has 0 aromatic heterocycles. The number of allylic oxidation sites excluding steroid dienone is 1. The second-order valence-electron chi connectivity index (χ2n) is 5.26.